The third-order valence-electron chi connectivity index (χ3n) is 2.75. The summed E-state index contributed by atoms with van der Waals surface area (Å²) in [6.07, 6.45) is 6.15. The van der Waals surface area contributed by atoms with E-state index in [0.717, 1.165) is 30.2 Å². The van der Waals surface area contributed by atoms with Gasteiger partial charge in [-0.2, -0.15) is 0 Å². The van der Waals surface area contributed by atoms with E-state index in [1.807, 2.05) is 26.2 Å². The number of hydrogen-bond donors (Lipinski definition) is 2. The van der Waals surface area contributed by atoms with Crippen molar-refractivity contribution < 1.29 is 0 Å². The van der Waals surface area contributed by atoms with Crippen molar-refractivity contribution in [1.29, 1.82) is 0 Å². The molecule has 0 radical (unpaired) electrons. The fourth-order valence-corrected chi connectivity index (χ4v) is 1.75. The molecule has 0 bridgehead atoms. The lowest BCUT2D eigenvalue weighted by Crippen LogP contribution is -2.09. The molecular weight excluding hydrogens is 226 g/mol. The van der Waals surface area contributed by atoms with Crippen LogP contribution in [0.1, 0.15) is 11.1 Å². The Balaban J connectivity index is 1.95. The summed E-state index contributed by atoms with van der Waals surface area (Å²) >= 11 is 0. The van der Waals surface area contributed by atoms with Crippen LogP contribution in [0.3, 0.4) is 0 Å². The van der Waals surface area contributed by atoms with Crippen LogP contribution in [0.2, 0.25) is 0 Å². The summed E-state index contributed by atoms with van der Waals surface area (Å²) in [5.41, 5.74) is 2.25. The van der Waals surface area contributed by atoms with Crippen LogP contribution < -0.4 is 10.6 Å². The maximum absolute atomic E-state index is 4.24. The molecule has 0 aromatic carbocycles. The first kappa shape index (κ1) is 12.3. The maximum Gasteiger partial charge on any atom is 0.134 e. The highest BCUT2D eigenvalue weighted by Crippen LogP contribution is 2.17. The molecule has 2 rings (SSSR count). The van der Waals surface area contributed by atoms with Gasteiger partial charge < -0.3 is 10.6 Å². The predicted molar refractivity (Wildman–Crippen MR) is 72.7 cm³/mol. The van der Waals surface area contributed by atoms with Crippen LogP contribution in [-0.4, -0.2) is 28.5 Å². The average molecular weight is 243 g/mol. The Morgan fingerprint density at radius 1 is 1.22 bits per heavy atom. The van der Waals surface area contributed by atoms with Gasteiger partial charge in [-0.25, -0.2) is 9.97 Å². The topological polar surface area (TPSA) is 62.7 Å². The second kappa shape index (κ2) is 5.95. The number of aromatic nitrogens is 3. The van der Waals surface area contributed by atoms with E-state index < -0.39 is 0 Å². The first-order chi connectivity index (χ1) is 8.81. The van der Waals surface area contributed by atoms with Gasteiger partial charge in [0.2, 0.25) is 0 Å². The SMILES string of the molecule is CNc1ncnc(NCCc2cccnc2)c1C. The van der Waals surface area contributed by atoms with Gasteiger partial charge in [0.1, 0.15) is 18.0 Å². The summed E-state index contributed by atoms with van der Waals surface area (Å²) in [6.45, 7) is 2.82. The first-order valence-corrected chi connectivity index (χ1v) is 5.93. The normalized spacial score (nSPS) is 10.1. The van der Waals surface area contributed by atoms with E-state index in [0.29, 0.717) is 0 Å². The molecule has 0 fully saturated rings. The smallest absolute Gasteiger partial charge is 0.134 e. The Kier molecular flexibility index (Phi) is 4.06. The fraction of sp³-hybridized carbons (Fsp3) is 0.308. The number of nitrogens with zero attached hydrogens (tertiary/aromatic N) is 3. The van der Waals surface area contributed by atoms with Crippen LogP contribution in [0.4, 0.5) is 11.6 Å². The molecule has 94 valence electrons. The Bertz CT molecular complexity index is 498. The summed E-state index contributed by atoms with van der Waals surface area (Å²) in [7, 11) is 1.86. The van der Waals surface area contributed by atoms with Crippen LogP contribution in [-0.2, 0) is 6.42 Å². The van der Waals surface area contributed by atoms with Crippen LogP contribution in [0.15, 0.2) is 30.9 Å². The average Bonchev–Trinajstić information content (AvgIpc) is 2.42. The predicted octanol–water partition coefficient (Wildman–Crippen LogP) is 1.88. The van der Waals surface area contributed by atoms with E-state index in [2.05, 4.69) is 31.7 Å². The Morgan fingerprint density at radius 3 is 2.78 bits per heavy atom. The molecule has 2 heterocycles. The van der Waals surface area contributed by atoms with Crippen molar-refractivity contribution in [3.63, 3.8) is 0 Å². The van der Waals surface area contributed by atoms with E-state index in [1.165, 1.54) is 5.56 Å². The number of rotatable bonds is 5. The van der Waals surface area contributed by atoms with Crippen LogP contribution >= 0.6 is 0 Å². The molecule has 2 aromatic rings. The molecule has 0 aliphatic rings. The summed E-state index contributed by atoms with van der Waals surface area (Å²) in [5.74, 6) is 1.73. The fourth-order valence-electron chi connectivity index (χ4n) is 1.75. The highest BCUT2D eigenvalue weighted by molar-refractivity contribution is 5.56. The standard InChI is InChI=1S/C13H17N5/c1-10-12(14-2)17-9-18-13(10)16-7-5-11-4-3-6-15-8-11/h3-4,6,8-9H,5,7H2,1-2H3,(H2,14,16,17,18). The van der Waals surface area contributed by atoms with Gasteiger partial charge in [0.05, 0.1) is 0 Å². The lowest BCUT2D eigenvalue weighted by molar-refractivity contribution is 0.982. The van der Waals surface area contributed by atoms with Crippen molar-refractivity contribution in [2.75, 3.05) is 24.2 Å². The van der Waals surface area contributed by atoms with Gasteiger partial charge in [0, 0.05) is 31.5 Å². The maximum atomic E-state index is 4.24. The zero-order chi connectivity index (χ0) is 12.8. The number of nitrogens with one attached hydrogen (secondary N) is 2. The minimum atomic E-state index is 0.826. The molecule has 5 nitrogen and oxygen atoms in total. The Hall–Kier alpha value is -2.17. The number of pyridine rings is 1. The first-order valence-electron chi connectivity index (χ1n) is 5.93. The molecule has 0 aliphatic heterocycles. The van der Waals surface area contributed by atoms with Gasteiger partial charge in [0.15, 0.2) is 0 Å². The zero-order valence-electron chi connectivity index (χ0n) is 10.6. The molecule has 0 saturated heterocycles. The van der Waals surface area contributed by atoms with E-state index in [4.69, 9.17) is 0 Å². The molecule has 0 spiro atoms. The van der Waals surface area contributed by atoms with Crippen molar-refractivity contribution in [1.82, 2.24) is 15.0 Å². The van der Waals surface area contributed by atoms with Gasteiger partial charge in [-0.1, -0.05) is 6.07 Å². The van der Waals surface area contributed by atoms with Crippen LogP contribution in [0.5, 0.6) is 0 Å². The van der Waals surface area contributed by atoms with Crippen LogP contribution in [0.25, 0.3) is 0 Å². The van der Waals surface area contributed by atoms with E-state index in [1.54, 1.807) is 12.5 Å². The monoisotopic (exact) mass is 243 g/mol. The summed E-state index contributed by atoms with van der Waals surface area (Å²) in [6, 6.07) is 4.02. The quantitative estimate of drug-likeness (QED) is 0.839. The van der Waals surface area contributed by atoms with Crippen molar-refractivity contribution in [2.24, 2.45) is 0 Å². The lowest BCUT2D eigenvalue weighted by atomic mass is 10.2. The van der Waals surface area contributed by atoms with Gasteiger partial charge in [0.25, 0.3) is 0 Å². The second-order valence-corrected chi connectivity index (χ2v) is 3.98. The lowest BCUT2D eigenvalue weighted by Gasteiger charge is -2.10. The molecule has 2 N–H and O–H groups in total. The van der Waals surface area contributed by atoms with Gasteiger partial charge in [-0.05, 0) is 25.0 Å². The van der Waals surface area contributed by atoms with Crippen molar-refractivity contribution in [3.8, 4) is 0 Å². The molecule has 5 heteroatoms. The summed E-state index contributed by atoms with van der Waals surface area (Å²) in [5, 5.41) is 6.36. The number of hydrogen-bond acceptors (Lipinski definition) is 5. The van der Waals surface area contributed by atoms with Crippen molar-refractivity contribution in [2.45, 2.75) is 13.3 Å². The van der Waals surface area contributed by atoms with Gasteiger partial charge in [-0.3, -0.25) is 4.98 Å². The third kappa shape index (κ3) is 2.94. The molecule has 0 saturated carbocycles. The van der Waals surface area contributed by atoms with E-state index >= 15 is 0 Å². The highest BCUT2D eigenvalue weighted by atomic mass is 15.1. The van der Waals surface area contributed by atoms with Crippen molar-refractivity contribution in [3.05, 3.63) is 42.0 Å². The molecule has 0 amide bonds. The second-order valence-electron chi connectivity index (χ2n) is 3.98. The largest absolute Gasteiger partial charge is 0.373 e. The highest BCUT2D eigenvalue weighted by Gasteiger charge is 2.04. The minimum Gasteiger partial charge on any atom is -0.373 e. The molecule has 18 heavy (non-hydrogen) atoms. The van der Waals surface area contributed by atoms with Gasteiger partial charge in [-0.15, -0.1) is 0 Å². The Morgan fingerprint density at radius 2 is 2.06 bits per heavy atom. The van der Waals surface area contributed by atoms with Gasteiger partial charge >= 0.3 is 0 Å². The summed E-state index contributed by atoms with van der Waals surface area (Å²) in [4.78, 5) is 12.5. The molecular formula is C13H17N5. The van der Waals surface area contributed by atoms with Crippen molar-refractivity contribution >= 4 is 11.6 Å². The molecule has 0 atom stereocenters. The minimum absolute atomic E-state index is 0.826. The van der Waals surface area contributed by atoms with E-state index in [9.17, 15) is 0 Å². The molecule has 2 aromatic heterocycles. The zero-order valence-corrected chi connectivity index (χ0v) is 10.6. The van der Waals surface area contributed by atoms with Crippen LogP contribution in [0, 0.1) is 6.92 Å². The third-order valence-corrected chi connectivity index (χ3v) is 2.75. The number of anilines is 2. The molecule has 0 unspecified atom stereocenters. The Labute approximate surface area is 107 Å². The molecule has 0 aliphatic carbocycles. The summed E-state index contributed by atoms with van der Waals surface area (Å²) < 4.78 is 0. The van der Waals surface area contributed by atoms with E-state index in [-0.39, 0.29) is 0 Å².